The van der Waals surface area contributed by atoms with Gasteiger partial charge in [0.25, 0.3) is 0 Å². The van der Waals surface area contributed by atoms with Gasteiger partial charge in [0.15, 0.2) is 0 Å². The Morgan fingerprint density at radius 1 is 1.40 bits per heavy atom. The van der Waals surface area contributed by atoms with Crippen LogP contribution in [0, 0.1) is 0 Å². The van der Waals surface area contributed by atoms with E-state index in [1.807, 2.05) is 6.92 Å². The molecule has 0 aromatic rings. The molecule has 0 amide bonds. The van der Waals surface area contributed by atoms with Crippen LogP contribution in [0.25, 0.3) is 0 Å². The van der Waals surface area contributed by atoms with Crippen molar-refractivity contribution in [2.75, 3.05) is 13.7 Å². The summed E-state index contributed by atoms with van der Waals surface area (Å²) in [7, 11) is 1.27. The molecule has 0 saturated carbocycles. The maximum Gasteiger partial charge on any atom is 0.322 e. The standard InChI is InChI=1S/C10H19NO4/c1-3-4-7-15-9(12)6-5-8(11)10(13)14-2/h8H,3-7,11H2,1-2H3/t8-/m0/s1. The van der Waals surface area contributed by atoms with Gasteiger partial charge in [0.1, 0.15) is 6.04 Å². The van der Waals surface area contributed by atoms with Gasteiger partial charge in [-0.3, -0.25) is 9.59 Å². The van der Waals surface area contributed by atoms with Crippen LogP contribution in [0.1, 0.15) is 32.6 Å². The summed E-state index contributed by atoms with van der Waals surface area (Å²) < 4.78 is 9.33. The first-order chi connectivity index (χ1) is 7.11. The number of unbranched alkanes of at least 4 members (excludes halogenated alkanes) is 1. The van der Waals surface area contributed by atoms with Crippen molar-refractivity contribution in [2.24, 2.45) is 5.73 Å². The van der Waals surface area contributed by atoms with Gasteiger partial charge in [-0.25, -0.2) is 0 Å². The summed E-state index contributed by atoms with van der Waals surface area (Å²) in [5.74, 6) is -0.820. The molecule has 0 spiro atoms. The average Bonchev–Trinajstić information content (AvgIpc) is 2.25. The molecule has 1 atom stereocenters. The van der Waals surface area contributed by atoms with E-state index in [2.05, 4.69) is 4.74 Å². The summed E-state index contributed by atoms with van der Waals surface area (Å²) in [6, 6.07) is -0.742. The molecule has 0 bridgehead atoms. The first-order valence-corrected chi connectivity index (χ1v) is 5.10. The van der Waals surface area contributed by atoms with E-state index in [0.717, 1.165) is 12.8 Å². The Labute approximate surface area is 89.9 Å². The lowest BCUT2D eigenvalue weighted by Crippen LogP contribution is -2.32. The Hall–Kier alpha value is -1.10. The minimum atomic E-state index is -0.742. The second-order valence-corrected chi connectivity index (χ2v) is 3.24. The molecule has 0 unspecified atom stereocenters. The average molecular weight is 217 g/mol. The van der Waals surface area contributed by atoms with Gasteiger partial charge in [0.05, 0.1) is 13.7 Å². The molecule has 0 rings (SSSR count). The molecule has 0 radical (unpaired) electrons. The molecule has 0 aromatic carbocycles. The third-order valence-corrected chi connectivity index (χ3v) is 1.92. The Balaban J connectivity index is 3.57. The molecule has 0 aromatic heterocycles. The first-order valence-electron chi connectivity index (χ1n) is 5.10. The second-order valence-electron chi connectivity index (χ2n) is 3.24. The molecular formula is C10H19NO4. The smallest absolute Gasteiger partial charge is 0.322 e. The monoisotopic (exact) mass is 217 g/mol. The molecule has 0 heterocycles. The van der Waals surface area contributed by atoms with Crippen molar-refractivity contribution in [3.05, 3.63) is 0 Å². The van der Waals surface area contributed by atoms with Gasteiger partial charge in [-0.1, -0.05) is 13.3 Å². The summed E-state index contributed by atoms with van der Waals surface area (Å²) in [4.78, 5) is 22.0. The quantitative estimate of drug-likeness (QED) is 0.499. The molecule has 88 valence electrons. The lowest BCUT2D eigenvalue weighted by atomic mass is 10.2. The molecule has 0 aliphatic heterocycles. The fourth-order valence-electron chi connectivity index (χ4n) is 0.945. The Kier molecular flexibility index (Phi) is 7.62. The molecule has 5 heteroatoms. The zero-order chi connectivity index (χ0) is 11.7. The van der Waals surface area contributed by atoms with Crippen LogP contribution < -0.4 is 5.73 Å². The van der Waals surface area contributed by atoms with E-state index in [1.165, 1.54) is 7.11 Å². The number of carbonyl (C=O) groups is 2. The fourth-order valence-corrected chi connectivity index (χ4v) is 0.945. The van der Waals surface area contributed by atoms with E-state index in [1.54, 1.807) is 0 Å². The number of ether oxygens (including phenoxy) is 2. The van der Waals surface area contributed by atoms with Gasteiger partial charge >= 0.3 is 11.9 Å². The minimum absolute atomic E-state index is 0.153. The molecule has 0 aliphatic rings. The van der Waals surface area contributed by atoms with Gasteiger partial charge in [-0.05, 0) is 12.8 Å². The SMILES string of the molecule is CCCCOC(=O)CC[C@H](N)C(=O)OC. The van der Waals surface area contributed by atoms with Crippen LogP contribution in [-0.2, 0) is 19.1 Å². The van der Waals surface area contributed by atoms with Crippen molar-refractivity contribution < 1.29 is 19.1 Å². The number of hydrogen-bond acceptors (Lipinski definition) is 5. The largest absolute Gasteiger partial charge is 0.468 e. The molecule has 0 aliphatic carbocycles. The third kappa shape index (κ3) is 6.90. The van der Waals surface area contributed by atoms with Crippen LogP contribution in [0.15, 0.2) is 0 Å². The third-order valence-electron chi connectivity index (χ3n) is 1.92. The van der Waals surface area contributed by atoms with Crippen LogP contribution in [0.2, 0.25) is 0 Å². The predicted molar refractivity (Wildman–Crippen MR) is 55.1 cm³/mol. The second kappa shape index (κ2) is 8.23. The number of carbonyl (C=O) groups excluding carboxylic acids is 2. The van der Waals surface area contributed by atoms with E-state index in [4.69, 9.17) is 10.5 Å². The number of hydrogen-bond donors (Lipinski definition) is 1. The fraction of sp³-hybridized carbons (Fsp3) is 0.800. The van der Waals surface area contributed by atoms with E-state index in [9.17, 15) is 9.59 Å². The highest BCUT2D eigenvalue weighted by atomic mass is 16.5. The Morgan fingerprint density at radius 2 is 2.07 bits per heavy atom. The van der Waals surface area contributed by atoms with Crippen LogP contribution in [0.5, 0.6) is 0 Å². The van der Waals surface area contributed by atoms with Crippen molar-refractivity contribution in [1.82, 2.24) is 0 Å². The lowest BCUT2D eigenvalue weighted by Gasteiger charge is -2.08. The van der Waals surface area contributed by atoms with Gasteiger partial charge < -0.3 is 15.2 Å². The Morgan fingerprint density at radius 3 is 2.60 bits per heavy atom. The zero-order valence-electron chi connectivity index (χ0n) is 9.32. The van der Waals surface area contributed by atoms with Crippen LogP contribution >= 0.6 is 0 Å². The highest BCUT2D eigenvalue weighted by Gasteiger charge is 2.15. The number of rotatable bonds is 7. The van der Waals surface area contributed by atoms with E-state index >= 15 is 0 Å². The summed E-state index contributed by atoms with van der Waals surface area (Å²) in [6.45, 7) is 2.45. The summed E-state index contributed by atoms with van der Waals surface area (Å²) in [5, 5.41) is 0. The first kappa shape index (κ1) is 13.9. The van der Waals surface area contributed by atoms with Crippen LogP contribution in [0.3, 0.4) is 0 Å². The van der Waals surface area contributed by atoms with Crippen molar-refractivity contribution in [3.63, 3.8) is 0 Å². The molecule has 15 heavy (non-hydrogen) atoms. The van der Waals surface area contributed by atoms with Crippen molar-refractivity contribution in [1.29, 1.82) is 0 Å². The molecular weight excluding hydrogens is 198 g/mol. The minimum Gasteiger partial charge on any atom is -0.468 e. The molecule has 0 saturated heterocycles. The maximum atomic E-state index is 11.1. The van der Waals surface area contributed by atoms with E-state index in [-0.39, 0.29) is 18.8 Å². The zero-order valence-corrected chi connectivity index (χ0v) is 9.32. The highest BCUT2D eigenvalue weighted by molar-refractivity contribution is 5.76. The van der Waals surface area contributed by atoms with Crippen molar-refractivity contribution in [2.45, 2.75) is 38.6 Å². The highest BCUT2D eigenvalue weighted by Crippen LogP contribution is 1.99. The van der Waals surface area contributed by atoms with E-state index in [0.29, 0.717) is 6.61 Å². The number of nitrogens with two attached hydrogens (primary N) is 1. The van der Waals surface area contributed by atoms with Crippen molar-refractivity contribution in [3.8, 4) is 0 Å². The number of esters is 2. The maximum absolute atomic E-state index is 11.1. The summed E-state index contributed by atoms with van der Waals surface area (Å²) in [6.07, 6.45) is 2.25. The predicted octanol–water partition coefficient (Wildman–Crippen LogP) is 0.610. The van der Waals surface area contributed by atoms with Gasteiger partial charge in [0, 0.05) is 6.42 Å². The molecule has 2 N–H and O–H groups in total. The number of methoxy groups -OCH3 is 1. The van der Waals surface area contributed by atoms with Crippen LogP contribution in [0.4, 0.5) is 0 Å². The van der Waals surface area contributed by atoms with Gasteiger partial charge in [-0.15, -0.1) is 0 Å². The Bertz CT molecular complexity index is 206. The topological polar surface area (TPSA) is 78.6 Å². The summed E-state index contributed by atoms with van der Waals surface area (Å²) >= 11 is 0. The lowest BCUT2D eigenvalue weighted by molar-refractivity contribution is -0.145. The van der Waals surface area contributed by atoms with E-state index < -0.39 is 12.0 Å². The molecule has 5 nitrogen and oxygen atoms in total. The normalized spacial score (nSPS) is 11.9. The molecule has 0 fully saturated rings. The van der Waals surface area contributed by atoms with Crippen molar-refractivity contribution >= 4 is 11.9 Å². The van der Waals surface area contributed by atoms with Gasteiger partial charge in [-0.2, -0.15) is 0 Å². The van der Waals surface area contributed by atoms with Gasteiger partial charge in [0.2, 0.25) is 0 Å². The summed E-state index contributed by atoms with van der Waals surface area (Å²) in [5.41, 5.74) is 5.45. The van der Waals surface area contributed by atoms with Crippen LogP contribution in [-0.4, -0.2) is 31.7 Å².